The molecule has 1 aromatic rings. The van der Waals surface area contributed by atoms with E-state index in [-0.39, 0.29) is 18.4 Å². The summed E-state index contributed by atoms with van der Waals surface area (Å²) in [5.74, 6) is -1.51. The first-order valence-corrected chi connectivity index (χ1v) is 8.94. The monoisotopic (exact) mass is 362 g/mol. The Morgan fingerprint density at radius 3 is 2.62 bits per heavy atom. The van der Waals surface area contributed by atoms with Crippen molar-refractivity contribution < 1.29 is 24.2 Å². The fourth-order valence-corrected chi connectivity index (χ4v) is 3.04. The van der Waals surface area contributed by atoms with Gasteiger partial charge in [-0.25, -0.2) is 9.59 Å². The van der Waals surface area contributed by atoms with Crippen LogP contribution in [-0.4, -0.2) is 46.6 Å². The van der Waals surface area contributed by atoms with E-state index in [0.717, 1.165) is 5.56 Å². The third kappa shape index (κ3) is 4.97. The molecule has 1 fully saturated rings. The molecule has 1 aliphatic rings. The predicted molar refractivity (Wildman–Crippen MR) is 95.4 cm³/mol. The Kier molecular flexibility index (Phi) is 7.00. The van der Waals surface area contributed by atoms with Gasteiger partial charge in [0.1, 0.15) is 18.7 Å². The summed E-state index contributed by atoms with van der Waals surface area (Å²) in [6, 6.07) is 7.62. The van der Waals surface area contributed by atoms with Crippen LogP contribution < -0.4 is 5.32 Å². The molecule has 0 radical (unpaired) electrons. The topological polar surface area (TPSA) is 95.9 Å². The van der Waals surface area contributed by atoms with Crippen LogP contribution in [0.5, 0.6) is 0 Å². The molecule has 26 heavy (non-hydrogen) atoms. The number of alkyl carbamates (subject to hydrolysis) is 1. The van der Waals surface area contributed by atoms with Gasteiger partial charge in [-0.3, -0.25) is 4.79 Å². The molecule has 1 aliphatic heterocycles. The van der Waals surface area contributed by atoms with Crippen molar-refractivity contribution in [1.82, 2.24) is 10.2 Å². The number of likely N-dealkylation sites (tertiary alicyclic amines) is 1. The average molecular weight is 362 g/mol. The van der Waals surface area contributed by atoms with Crippen molar-refractivity contribution in [3.05, 3.63) is 35.9 Å². The van der Waals surface area contributed by atoms with E-state index in [2.05, 4.69) is 5.32 Å². The molecule has 0 bridgehead atoms. The van der Waals surface area contributed by atoms with Crippen molar-refractivity contribution in [3.8, 4) is 0 Å². The van der Waals surface area contributed by atoms with Crippen molar-refractivity contribution in [3.63, 3.8) is 0 Å². The molecule has 7 heteroatoms. The standard InChI is InChI=1S/C19H26N2O5/c1-3-13(2)16(17(22)21-11-7-10-15(21)18(23)24)20-19(25)26-12-14-8-5-4-6-9-14/h4-6,8-9,13,15-16H,3,7,10-12H2,1-2H3,(H,20,25)(H,23,24)/t13?,15-,16-/m0/s1. The van der Waals surface area contributed by atoms with Gasteiger partial charge in [0.15, 0.2) is 0 Å². The number of hydrogen-bond acceptors (Lipinski definition) is 4. The number of nitrogens with zero attached hydrogens (tertiary/aromatic N) is 1. The summed E-state index contributed by atoms with van der Waals surface area (Å²) in [6.45, 7) is 4.27. The summed E-state index contributed by atoms with van der Waals surface area (Å²) in [5.41, 5.74) is 0.847. The molecule has 7 nitrogen and oxygen atoms in total. The molecule has 0 aromatic heterocycles. The van der Waals surface area contributed by atoms with Crippen LogP contribution in [0.3, 0.4) is 0 Å². The lowest BCUT2D eigenvalue weighted by Crippen LogP contribution is -2.54. The quantitative estimate of drug-likeness (QED) is 0.776. The Labute approximate surface area is 153 Å². The third-order valence-electron chi connectivity index (χ3n) is 4.79. The highest BCUT2D eigenvalue weighted by Crippen LogP contribution is 2.21. The fourth-order valence-electron chi connectivity index (χ4n) is 3.04. The van der Waals surface area contributed by atoms with Gasteiger partial charge >= 0.3 is 12.1 Å². The Balaban J connectivity index is 2.01. The number of rotatable bonds is 7. The lowest BCUT2D eigenvalue weighted by atomic mass is 9.97. The van der Waals surface area contributed by atoms with Gasteiger partial charge in [-0.05, 0) is 24.3 Å². The van der Waals surface area contributed by atoms with E-state index >= 15 is 0 Å². The predicted octanol–water partition coefficient (Wildman–Crippen LogP) is 2.40. The first-order chi connectivity index (χ1) is 12.4. The number of amides is 2. The molecule has 0 saturated carbocycles. The van der Waals surface area contributed by atoms with Gasteiger partial charge in [0.25, 0.3) is 0 Å². The van der Waals surface area contributed by atoms with Gasteiger partial charge in [0, 0.05) is 6.54 Å². The second-order valence-corrected chi connectivity index (χ2v) is 6.60. The van der Waals surface area contributed by atoms with Crippen molar-refractivity contribution in [2.45, 2.75) is 51.8 Å². The number of benzene rings is 1. The van der Waals surface area contributed by atoms with Crippen LogP contribution in [0.2, 0.25) is 0 Å². The first kappa shape index (κ1) is 19.8. The number of carboxylic acids is 1. The zero-order valence-corrected chi connectivity index (χ0v) is 15.2. The van der Waals surface area contributed by atoms with Gasteiger partial charge in [0.05, 0.1) is 0 Å². The maximum absolute atomic E-state index is 12.9. The van der Waals surface area contributed by atoms with E-state index in [1.165, 1.54) is 4.90 Å². The molecule has 3 atom stereocenters. The fraction of sp³-hybridized carbons (Fsp3) is 0.526. The van der Waals surface area contributed by atoms with Gasteiger partial charge in [-0.15, -0.1) is 0 Å². The van der Waals surface area contributed by atoms with Crippen LogP contribution in [0.1, 0.15) is 38.7 Å². The molecule has 2 rings (SSSR count). The van der Waals surface area contributed by atoms with Crippen LogP contribution in [0.15, 0.2) is 30.3 Å². The highest BCUT2D eigenvalue weighted by atomic mass is 16.5. The summed E-state index contributed by atoms with van der Waals surface area (Å²) in [4.78, 5) is 37.7. The average Bonchev–Trinajstić information content (AvgIpc) is 3.14. The molecule has 142 valence electrons. The highest BCUT2D eigenvalue weighted by molar-refractivity contribution is 5.90. The van der Waals surface area contributed by atoms with Crippen molar-refractivity contribution in [2.24, 2.45) is 5.92 Å². The van der Waals surface area contributed by atoms with Crippen LogP contribution in [0, 0.1) is 5.92 Å². The number of hydrogen-bond donors (Lipinski definition) is 2. The molecule has 0 spiro atoms. The first-order valence-electron chi connectivity index (χ1n) is 8.94. The number of carbonyl (C=O) groups excluding carboxylic acids is 2. The van der Waals surface area contributed by atoms with Crippen LogP contribution in [0.4, 0.5) is 4.79 Å². The molecule has 1 aromatic carbocycles. The van der Waals surface area contributed by atoms with Gasteiger partial charge in [0.2, 0.25) is 5.91 Å². The Bertz CT molecular complexity index is 634. The van der Waals surface area contributed by atoms with E-state index in [0.29, 0.717) is 25.8 Å². The minimum absolute atomic E-state index is 0.107. The molecule has 1 heterocycles. The van der Waals surface area contributed by atoms with E-state index in [4.69, 9.17) is 4.74 Å². The zero-order chi connectivity index (χ0) is 19.1. The van der Waals surface area contributed by atoms with Gasteiger partial charge in [-0.2, -0.15) is 0 Å². The van der Waals surface area contributed by atoms with E-state index in [1.54, 1.807) is 0 Å². The van der Waals surface area contributed by atoms with Crippen LogP contribution >= 0.6 is 0 Å². The van der Waals surface area contributed by atoms with E-state index in [9.17, 15) is 19.5 Å². The van der Waals surface area contributed by atoms with Crippen molar-refractivity contribution >= 4 is 18.0 Å². The maximum atomic E-state index is 12.9. The summed E-state index contributed by atoms with van der Waals surface area (Å²) < 4.78 is 5.20. The number of carboxylic acid groups (broad SMARTS) is 1. The number of carbonyl (C=O) groups is 3. The minimum atomic E-state index is -1.01. The second kappa shape index (κ2) is 9.22. The van der Waals surface area contributed by atoms with Crippen LogP contribution in [-0.2, 0) is 20.9 Å². The van der Waals surface area contributed by atoms with Gasteiger partial charge < -0.3 is 20.1 Å². The molecule has 1 saturated heterocycles. The Hall–Kier alpha value is -2.57. The molecule has 1 unspecified atom stereocenters. The largest absolute Gasteiger partial charge is 0.480 e. The second-order valence-electron chi connectivity index (χ2n) is 6.60. The summed E-state index contributed by atoms with van der Waals surface area (Å²) in [6.07, 6.45) is 1.07. The highest BCUT2D eigenvalue weighted by Gasteiger charge is 2.39. The molecular formula is C19H26N2O5. The number of aliphatic carboxylic acids is 1. The zero-order valence-electron chi connectivity index (χ0n) is 15.2. The maximum Gasteiger partial charge on any atom is 0.408 e. The summed E-state index contributed by atoms with van der Waals surface area (Å²) >= 11 is 0. The molecule has 2 amide bonds. The van der Waals surface area contributed by atoms with E-state index in [1.807, 2.05) is 44.2 Å². The summed E-state index contributed by atoms with van der Waals surface area (Å²) in [7, 11) is 0. The summed E-state index contributed by atoms with van der Waals surface area (Å²) in [5, 5.41) is 11.9. The third-order valence-corrected chi connectivity index (χ3v) is 4.79. The molecule has 0 aliphatic carbocycles. The van der Waals surface area contributed by atoms with Crippen LogP contribution in [0.25, 0.3) is 0 Å². The van der Waals surface area contributed by atoms with E-state index < -0.39 is 24.1 Å². The lowest BCUT2D eigenvalue weighted by molar-refractivity contribution is -0.149. The van der Waals surface area contributed by atoms with Crippen molar-refractivity contribution in [2.75, 3.05) is 6.54 Å². The van der Waals surface area contributed by atoms with Crippen molar-refractivity contribution in [1.29, 1.82) is 0 Å². The number of nitrogens with one attached hydrogen (secondary N) is 1. The normalized spacial score (nSPS) is 18.8. The number of ether oxygens (including phenoxy) is 1. The Morgan fingerprint density at radius 1 is 1.31 bits per heavy atom. The lowest BCUT2D eigenvalue weighted by Gasteiger charge is -2.30. The molecule has 2 N–H and O–H groups in total. The van der Waals surface area contributed by atoms with Gasteiger partial charge in [-0.1, -0.05) is 50.6 Å². The molecular weight excluding hydrogens is 336 g/mol. The smallest absolute Gasteiger partial charge is 0.408 e. The minimum Gasteiger partial charge on any atom is -0.480 e. The SMILES string of the molecule is CCC(C)[C@H](NC(=O)OCc1ccccc1)C(=O)N1CCC[C@H]1C(=O)O. The Morgan fingerprint density at radius 2 is 2.00 bits per heavy atom.